The molecule has 0 atom stereocenters. The van der Waals surface area contributed by atoms with Crippen molar-refractivity contribution in [1.29, 1.82) is 0 Å². The fourth-order valence-electron chi connectivity index (χ4n) is 2.17. The summed E-state index contributed by atoms with van der Waals surface area (Å²) in [5.41, 5.74) is 1.95. The summed E-state index contributed by atoms with van der Waals surface area (Å²) in [5.74, 6) is 0.0363. The maximum atomic E-state index is 10.7. The standard InChI is InChI=1S/C25H32O2.C2H6/c1-7-11-15-17-21(6)25(23(27)19-14-10-4)24(20(5)16-12-8-2)22(26)18-13-9-3;1-2/h7-8,11-19,26-27H,2,5-6,9-10H2,1,3-4H3;1-2H3/b11-7-,16-12-,17-15-,18-13-,19-14-,24-22-,25-23-;. The van der Waals surface area contributed by atoms with Crippen molar-refractivity contribution in [3.05, 3.63) is 120 Å². The molecular weight excluding hydrogens is 356 g/mol. The van der Waals surface area contributed by atoms with Crippen molar-refractivity contribution in [2.75, 3.05) is 0 Å². The molecule has 0 saturated heterocycles. The van der Waals surface area contributed by atoms with E-state index in [1.54, 1.807) is 36.5 Å². The summed E-state index contributed by atoms with van der Waals surface area (Å²) >= 11 is 0. The molecule has 0 heterocycles. The summed E-state index contributed by atoms with van der Waals surface area (Å²) in [7, 11) is 0. The van der Waals surface area contributed by atoms with E-state index in [0.29, 0.717) is 22.3 Å². The first kappa shape index (κ1) is 28.2. The molecule has 0 unspecified atom stereocenters. The van der Waals surface area contributed by atoms with Gasteiger partial charge in [-0.2, -0.15) is 0 Å². The number of hydrogen-bond acceptors (Lipinski definition) is 2. The molecule has 0 aromatic carbocycles. The lowest BCUT2D eigenvalue weighted by Crippen LogP contribution is -2.02. The third-order valence-corrected chi connectivity index (χ3v) is 3.46. The van der Waals surface area contributed by atoms with Gasteiger partial charge in [0, 0.05) is 11.1 Å². The van der Waals surface area contributed by atoms with Crippen LogP contribution in [0, 0.1) is 0 Å². The van der Waals surface area contributed by atoms with Crippen molar-refractivity contribution in [1.82, 2.24) is 0 Å². The normalized spacial score (nSPS) is 13.7. The first-order valence-corrected chi connectivity index (χ1v) is 10.1. The molecule has 0 aliphatic rings. The smallest absolute Gasteiger partial charge is 0.123 e. The lowest BCUT2D eigenvalue weighted by molar-refractivity contribution is 0.417. The fraction of sp³-hybridized carbons (Fsp3) is 0.259. The van der Waals surface area contributed by atoms with Crippen molar-refractivity contribution in [3.63, 3.8) is 0 Å². The third-order valence-electron chi connectivity index (χ3n) is 3.46. The second-order valence-corrected chi connectivity index (χ2v) is 5.67. The Labute approximate surface area is 178 Å². The topological polar surface area (TPSA) is 40.5 Å². The SMILES string of the molecule is C=C/C=C\C(=C)C(=C(O)\C=C/CC)/C(C(=C)/C=C\C=C/C)=C(O)/C=C\CC.CC. The minimum Gasteiger partial charge on any atom is -0.507 e. The van der Waals surface area contributed by atoms with Crippen molar-refractivity contribution in [2.24, 2.45) is 0 Å². The van der Waals surface area contributed by atoms with E-state index in [4.69, 9.17) is 0 Å². The molecule has 2 N–H and O–H groups in total. The van der Waals surface area contributed by atoms with Crippen LogP contribution in [0.4, 0.5) is 0 Å². The van der Waals surface area contributed by atoms with Crippen LogP contribution < -0.4 is 0 Å². The van der Waals surface area contributed by atoms with E-state index >= 15 is 0 Å². The molecule has 2 heteroatoms. The van der Waals surface area contributed by atoms with Crippen LogP contribution in [0.15, 0.2) is 120 Å². The highest BCUT2D eigenvalue weighted by Gasteiger charge is 2.18. The Hall–Kier alpha value is -3.00. The van der Waals surface area contributed by atoms with Gasteiger partial charge in [0.05, 0.1) is 0 Å². The van der Waals surface area contributed by atoms with Gasteiger partial charge in [0.1, 0.15) is 11.5 Å². The Morgan fingerprint density at radius 1 is 0.724 bits per heavy atom. The number of hydrogen-bond donors (Lipinski definition) is 2. The van der Waals surface area contributed by atoms with E-state index in [9.17, 15) is 10.2 Å². The highest BCUT2D eigenvalue weighted by atomic mass is 16.3. The first-order chi connectivity index (χ1) is 13.9. The zero-order chi connectivity index (χ0) is 22.7. The predicted molar refractivity (Wildman–Crippen MR) is 131 cm³/mol. The summed E-state index contributed by atoms with van der Waals surface area (Å²) < 4.78 is 0. The summed E-state index contributed by atoms with van der Waals surface area (Å²) in [5, 5.41) is 21.4. The highest BCUT2D eigenvalue weighted by molar-refractivity contribution is 5.64. The summed E-state index contributed by atoms with van der Waals surface area (Å²) in [4.78, 5) is 0. The Balaban J connectivity index is 0. The van der Waals surface area contributed by atoms with Crippen LogP contribution in [0.5, 0.6) is 0 Å². The zero-order valence-electron chi connectivity index (χ0n) is 18.8. The van der Waals surface area contributed by atoms with Gasteiger partial charge in [0.25, 0.3) is 0 Å². The highest BCUT2D eigenvalue weighted by Crippen LogP contribution is 2.31. The van der Waals surface area contributed by atoms with E-state index in [0.717, 1.165) is 12.8 Å². The molecule has 0 aromatic rings. The Morgan fingerprint density at radius 3 is 1.48 bits per heavy atom. The number of aliphatic hydroxyl groups is 2. The van der Waals surface area contributed by atoms with Crippen molar-refractivity contribution >= 4 is 0 Å². The minimum absolute atomic E-state index is 0.0163. The van der Waals surface area contributed by atoms with Crippen LogP contribution >= 0.6 is 0 Å². The van der Waals surface area contributed by atoms with Crippen LogP contribution in [-0.4, -0.2) is 10.2 Å². The molecule has 0 radical (unpaired) electrons. The van der Waals surface area contributed by atoms with E-state index in [-0.39, 0.29) is 11.5 Å². The van der Waals surface area contributed by atoms with Crippen molar-refractivity contribution in [3.8, 4) is 0 Å². The lowest BCUT2D eigenvalue weighted by Gasteiger charge is -2.16. The summed E-state index contributed by atoms with van der Waals surface area (Å²) in [6.45, 7) is 21.7. The maximum absolute atomic E-state index is 10.7. The second-order valence-electron chi connectivity index (χ2n) is 5.67. The molecular formula is C27H38O2. The summed E-state index contributed by atoms with van der Waals surface area (Å²) in [6.07, 6.45) is 20.9. The number of allylic oxidation sites excluding steroid dienone is 15. The molecule has 0 saturated carbocycles. The van der Waals surface area contributed by atoms with Gasteiger partial charge in [-0.3, -0.25) is 0 Å². The van der Waals surface area contributed by atoms with E-state index in [1.807, 2.05) is 65.0 Å². The molecule has 2 nitrogen and oxygen atoms in total. The van der Waals surface area contributed by atoms with Crippen LogP contribution in [-0.2, 0) is 0 Å². The van der Waals surface area contributed by atoms with E-state index < -0.39 is 0 Å². The van der Waals surface area contributed by atoms with Gasteiger partial charge in [-0.25, -0.2) is 0 Å². The van der Waals surface area contributed by atoms with Gasteiger partial charge in [0.15, 0.2) is 0 Å². The third kappa shape index (κ3) is 11.4. The number of aliphatic hydroxyl groups excluding tert-OH is 2. The average molecular weight is 395 g/mol. The van der Waals surface area contributed by atoms with E-state index in [2.05, 4.69) is 19.7 Å². The molecule has 0 spiro atoms. The van der Waals surface area contributed by atoms with Crippen LogP contribution in [0.25, 0.3) is 0 Å². The fourth-order valence-corrected chi connectivity index (χ4v) is 2.17. The van der Waals surface area contributed by atoms with Gasteiger partial charge in [-0.05, 0) is 43.1 Å². The molecule has 0 bridgehead atoms. The lowest BCUT2D eigenvalue weighted by atomic mass is 9.90. The Bertz CT molecular complexity index is 732. The molecule has 158 valence electrons. The maximum Gasteiger partial charge on any atom is 0.123 e. The van der Waals surface area contributed by atoms with Crippen molar-refractivity contribution < 1.29 is 10.2 Å². The minimum atomic E-state index is 0.0163. The molecule has 29 heavy (non-hydrogen) atoms. The van der Waals surface area contributed by atoms with Gasteiger partial charge >= 0.3 is 0 Å². The average Bonchev–Trinajstić information content (AvgIpc) is 2.73. The van der Waals surface area contributed by atoms with Gasteiger partial charge < -0.3 is 10.2 Å². The largest absolute Gasteiger partial charge is 0.507 e. The molecule has 0 amide bonds. The van der Waals surface area contributed by atoms with Gasteiger partial charge in [-0.1, -0.05) is 102 Å². The molecule has 0 aliphatic carbocycles. The first-order valence-electron chi connectivity index (χ1n) is 10.1. The number of rotatable bonds is 11. The zero-order valence-corrected chi connectivity index (χ0v) is 18.8. The monoisotopic (exact) mass is 394 g/mol. The molecule has 0 aliphatic heterocycles. The van der Waals surface area contributed by atoms with E-state index in [1.165, 1.54) is 0 Å². The van der Waals surface area contributed by atoms with Crippen LogP contribution in [0.1, 0.15) is 47.5 Å². The molecule has 0 fully saturated rings. The Morgan fingerprint density at radius 2 is 1.14 bits per heavy atom. The van der Waals surface area contributed by atoms with Crippen LogP contribution in [0.3, 0.4) is 0 Å². The van der Waals surface area contributed by atoms with Crippen LogP contribution in [0.2, 0.25) is 0 Å². The molecule has 0 aromatic heterocycles. The summed E-state index contributed by atoms with van der Waals surface area (Å²) in [6, 6.07) is 0. The Kier molecular flexibility index (Phi) is 17.9. The predicted octanol–water partition coefficient (Wildman–Crippen LogP) is 8.56. The van der Waals surface area contributed by atoms with Gasteiger partial charge in [0.2, 0.25) is 0 Å². The van der Waals surface area contributed by atoms with Gasteiger partial charge in [-0.15, -0.1) is 0 Å². The molecule has 0 rings (SSSR count). The van der Waals surface area contributed by atoms with Crippen molar-refractivity contribution in [2.45, 2.75) is 47.5 Å². The quantitative estimate of drug-likeness (QED) is 0.272. The second kappa shape index (κ2) is 18.4.